The number of carbonyl (C=O) groups excluding carboxylic acids is 3. The second-order valence-corrected chi connectivity index (χ2v) is 10.5. The number of aliphatic hydroxyl groups is 1. The maximum Gasteiger partial charge on any atom is 0.263 e. The van der Waals surface area contributed by atoms with Crippen molar-refractivity contribution < 1.29 is 19.5 Å². The molecule has 1 aliphatic carbocycles. The molecule has 1 aromatic rings. The molecule has 4 aliphatic rings. The molecule has 3 heterocycles. The number of imide groups is 1. The van der Waals surface area contributed by atoms with Gasteiger partial charge in [-0.05, 0) is 50.7 Å². The number of amides is 3. The standard InChI is InChI=1S/C27H37N3O4/c31-18-21-12-8-16-29(21)25(32)19-9-7-15-28(17-19)23-14-6-13-22-24(23)27(34)30(26(22)33)20-10-4-2-1-3-5-11-20/h6,13-14,19-21,31H,1-5,7-12,15-18H2/t19-,21+/m1/s1. The number of hydrogen-bond donors (Lipinski definition) is 1. The van der Waals surface area contributed by atoms with Crippen LogP contribution < -0.4 is 4.90 Å². The third-order valence-corrected chi connectivity index (χ3v) is 8.35. The summed E-state index contributed by atoms with van der Waals surface area (Å²) in [7, 11) is 0. The number of rotatable bonds is 4. The highest BCUT2D eigenvalue weighted by Gasteiger charge is 2.43. The Hall–Kier alpha value is -2.41. The molecule has 34 heavy (non-hydrogen) atoms. The number of fused-ring (bicyclic) bond motifs is 1. The average Bonchev–Trinajstić information content (AvgIpc) is 3.42. The number of aliphatic hydroxyl groups excluding tert-OH is 1. The largest absolute Gasteiger partial charge is 0.394 e. The SMILES string of the molecule is O=C1c2cccc(N3CCC[C@@H](C(=O)N4CCC[C@H]4CO)C3)c2C(=O)N1C1CCCCCCC1. The molecule has 2 atom stereocenters. The monoisotopic (exact) mass is 467 g/mol. The van der Waals surface area contributed by atoms with Crippen LogP contribution in [-0.4, -0.2) is 71.0 Å². The Morgan fingerprint density at radius 1 is 0.882 bits per heavy atom. The number of carbonyl (C=O) groups is 3. The van der Waals surface area contributed by atoms with Gasteiger partial charge in [-0.25, -0.2) is 0 Å². The van der Waals surface area contributed by atoms with Crippen LogP contribution in [0.4, 0.5) is 5.69 Å². The van der Waals surface area contributed by atoms with Crippen molar-refractivity contribution in [2.24, 2.45) is 5.92 Å². The Kier molecular flexibility index (Phi) is 6.91. The van der Waals surface area contributed by atoms with Crippen molar-refractivity contribution >= 4 is 23.4 Å². The maximum atomic E-state index is 13.6. The molecule has 1 saturated carbocycles. The molecule has 0 spiro atoms. The lowest BCUT2D eigenvalue weighted by molar-refractivity contribution is -0.137. The summed E-state index contributed by atoms with van der Waals surface area (Å²) in [5, 5.41) is 9.66. The first-order valence-corrected chi connectivity index (χ1v) is 13.3. The van der Waals surface area contributed by atoms with Gasteiger partial charge >= 0.3 is 0 Å². The summed E-state index contributed by atoms with van der Waals surface area (Å²) in [6, 6.07) is 5.51. The van der Waals surface area contributed by atoms with E-state index in [0.29, 0.717) is 24.2 Å². The van der Waals surface area contributed by atoms with E-state index in [2.05, 4.69) is 4.90 Å². The Morgan fingerprint density at radius 2 is 1.62 bits per heavy atom. The van der Waals surface area contributed by atoms with Gasteiger partial charge in [0.05, 0.1) is 35.4 Å². The lowest BCUT2D eigenvalue weighted by Gasteiger charge is -2.37. The Morgan fingerprint density at radius 3 is 2.38 bits per heavy atom. The lowest BCUT2D eigenvalue weighted by atomic mass is 9.94. The number of benzene rings is 1. The quantitative estimate of drug-likeness (QED) is 0.685. The first kappa shape index (κ1) is 23.3. The van der Waals surface area contributed by atoms with E-state index < -0.39 is 0 Å². The molecule has 0 bridgehead atoms. The molecule has 0 aromatic heterocycles. The van der Waals surface area contributed by atoms with Gasteiger partial charge in [0.25, 0.3) is 11.8 Å². The van der Waals surface area contributed by atoms with Gasteiger partial charge in [-0.2, -0.15) is 0 Å². The molecule has 7 heteroatoms. The predicted molar refractivity (Wildman–Crippen MR) is 130 cm³/mol. The van der Waals surface area contributed by atoms with Crippen LogP contribution in [0.2, 0.25) is 0 Å². The lowest BCUT2D eigenvalue weighted by Crippen LogP contribution is -2.47. The fourth-order valence-corrected chi connectivity index (χ4v) is 6.52. The third kappa shape index (κ3) is 4.23. The van der Waals surface area contributed by atoms with Crippen molar-refractivity contribution in [1.29, 1.82) is 0 Å². The minimum atomic E-state index is -0.158. The van der Waals surface area contributed by atoms with Crippen LogP contribution in [0.15, 0.2) is 18.2 Å². The Labute approximate surface area is 202 Å². The zero-order valence-electron chi connectivity index (χ0n) is 20.1. The van der Waals surface area contributed by atoms with E-state index in [1.807, 2.05) is 17.0 Å². The van der Waals surface area contributed by atoms with Crippen LogP contribution in [0.1, 0.15) is 91.3 Å². The van der Waals surface area contributed by atoms with Crippen LogP contribution in [0, 0.1) is 5.92 Å². The zero-order chi connectivity index (χ0) is 23.7. The highest BCUT2D eigenvalue weighted by molar-refractivity contribution is 6.24. The molecule has 0 unspecified atom stereocenters. The van der Waals surface area contributed by atoms with E-state index in [0.717, 1.165) is 63.6 Å². The fraction of sp³-hybridized carbons (Fsp3) is 0.667. The molecular formula is C27H37N3O4. The van der Waals surface area contributed by atoms with Gasteiger partial charge in [0.15, 0.2) is 0 Å². The van der Waals surface area contributed by atoms with Crippen LogP contribution in [0.5, 0.6) is 0 Å². The van der Waals surface area contributed by atoms with E-state index in [-0.39, 0.29) is 42.3 Å². The Bertz CT molecular complexity index is 940. The highest BCUT2D eigenvalue weighted by atomic mass is 16.3. The molecule has 184 valence electrons. The van der Waals surface area contributed by atoms with E-state index in [9.17, 15) is 19.5 Å². The topological polar surface area (TPSA) is 81.2 Å². The summed E-state index contributed by atoms with van der Waals surface area (Å²) in [4.78, 5) is 45.8. The minimum Gasteiger partial charge on any atom is -0.394 e. The van der Waals surface area contributed by atoms with Crippen molar-refractivity contribution in [1.82, 2.24) is 9.80 Å². The van der Waals surface area contributed by atoms with Crippen molar-refractivity contribution in [3.63, 3.8) is 0 Å². The number of likely N-dealkylation sites (tertiary alicyclic amines) is 1. The summed E-state index contributed by atoms with van der Waals surface area (Å²) in [6.45, 7) is 2.05. The molecule has 1 N–H and O–H groups in total. The molecule has 5 rings (SSSR count). The van der Waals surface area contributed by atoms with E-state index in [1.54, 1.807) is 11.0 Å². The number of anilines is 1. The second-order valence-electron chi connectivity index (χ2n) is 10.5. The summed E-state index contributed by atoms with van der Waals surface area (Å²) in [5.41, 5.74) is 1.83. The summed E-state index contributed by atoms with van der Waals surface area (Å²) < 4.78 is 0. The molecule has 3 aliphatic heterocycles. The van der Waals surface area contributed by atoms with Crippen LogP contribution in [0.3, 0.4) is 0 Å². The molecular weight excluding hydrogens is 430 g/mol. The second kappa shape index (κ2) is 10.1. The first-order valence-electron chi connectivity index (χ1n) is 13.3. The number of piperidine rings is 1. The van der Waals surface area contributed by atoms with Gasteiger partial charge < -0.3 is 14.9 Å². The molecule has 3 fully saturated rings. The maximum absolute atomic E-state index is 13.6. The number of hydrogen-bond acceptors (Lipinski definition) is 5. The van der Waals surface area contributed by atoms with Gasteiger partial charge in [-0.3, -0.25) is 19.3 Å². The van der Waals surface area contributed by atoms with Gasteiger partial charge in [0.2, 0.25) is 5.91 Å². The summed E-state index contributed by atoms with van der Waals surface area (Å²) in [6.07, 6.45) is 11.0. The summed E-state index contributed by atoms with van der Waals surface area (Å²) in [5.74, 6) is -0.340. The Balaban J connectivity index is 1.37. The number of nitrogens with zero attached hydrogens (tertiary/aromatic N) is 3. The van der Waals surface area contributed by atoms with Crippen molar-refractivity contribution in [3.8, 4) is 0 Å². The molecule has 7 nitrogen and oxygen atoms in total. The third-order valence-electron chi connectivity index (χ3n) is 8.35. The average molecular weight is 468 g/mol. The van der Waals surface area contributed by atoms with E-state index in [4.69, 9.17) is 0 Å². The normalized spacial score (nSPS) is 26.6. The van der Waals surface area contributed by atoms with Gasteiger partial charge in [-0.15, -0.1) is 0 Å². The van der Waals surface area contributed by atoms with Crippen LogP contribution in [0.25, 0.3) is 0 Å². The molecule has 3 amide bonds. The van der Waals surface area contributed by atoms with Gasteiger partial charge in [-0.1, -0.05) is 38.2 Å². The summed E-state index contributed by atoms with van der Waals surface area (Å²) >= 11 is 0. The molecule has 2 saturated heterocycles. The van der Waals surface area contributed by atoms with Crippen LogP contribution in [-0.2, 0) is 4.79 Å². The smallest absolute Gasteiger partial charge is 0.263 e. The highest BCUT2D eigenvalue weighted by Crippen LogP contribution is 2.37. The van der Waals surface area contributed by atoms with Gasteiger partial charge in [0, 0.05) is 25.7 Å². The van der Waals surface area contributed by atoms with E-state index >= 15 is 0 Å². The molecule has 0 radical (unpaired) electrons. The van der Waals surface area contributed by atoms with E-state index in [1.165, 1.54) is 19.3 Å². The van der Waals surface area contributed by atoms with Crippen molar-refractivity contribution in [2.45, 2.75) is 82.7 Å². The predicted octanol–water partition coefficient (Wildman–Crippen LogP) is 3.60. The first-order chi connectivity index (χ1) is 16.6. The molecule has 1 aromatic carbocycles. The van der Waals surface area contributed by atoms with Crippen LogP contribution >= 0.6 is 0 Å². The van der Waals surface area contributed by atoms with Gasteiger partial charge in [0.1, 0.15) is 0 Å². The fourth-order valence-electron chi connectivity index (χ4n) is 6.52. The minimum absolute atomic E-state index is 0.0122. The van der Waals surface area contributed by atoms with Crippen molar-refractivity contribution in [3.05, 3.63) is 29.3 Å². The van der Waals surface area contributed by atoms with Crippen molar-refractivity contribution in [2.75, 3.05) is 31.1 Å². The zero-order valence-corrected chi connectivity index (χ0v) is 20.1.